The molecule has 0 saturated heterocycles. The molecule has 2 aromatic rings. The first kappa shape index (κ1) is 16.1. The molecule has 0 amide bonds. The van der Waals surface area contributed by atoms with Gasteiger partial charge in [-0.2, -0.15) is 0 Å². The maximum absolute atomic E-state index is 5.37. The van der Waals surface area contributed by atoms with Gasteiger partial charge in [0.15, 0.2) is 16.6 Å². The Balaban J connectivity index is 2.10. The Labute approximate surface area is 136 Å². The fourth-order valence-electron chi connectivity index (χ4n) is 2.09. The van der Waals surface area contributed by atoms with Crippen molar-refractivity contribution in [2.24, 2.45) is 0 Å². The van der Waals surface area contributed by atoms with Crippen LogP contribution in [0.1, 0.15) is 11.1 Å². The predicted molar refractivity (Wildman–Crippen MR) is 95.3 cm³/mol. The maximum atomic E-state index is 5.37. The standard InChI is InChI=1S/C17H20N2O2S/c1-11-6-5-7-14(12(11)2)19-17(22)18-13-8-9-15(20-3)16(10-13)21-4/h5-10H,1-4H3,(H2,18,19,22). The highest BCUT2D eigenvalue weighted by Crippen LogP contribution is 2.29. The third kappa shape index (κ3) is 3.68. The van der Waals surface area contributed by atoms with Crippen molar-refractivity contribution in [3.05, 3.63) is 47.5 Å². The van der Waals surface area contributed by atoms with Gasteiger partial charge in [0, 0.05) is 17.4 Å². The molecule has 0 aliphatic heterocycles. The molecule has 0 heterocycles. The molecule has 0 fully saturated rings. The number of nitrogens with one attached hydrogen (secondary N) is 2. The Morgan fingerprint density at radius 2 is 1.68 bits per heavy atom. The van der Waals surface area contributed by atoms with Gasteiger partial charge in [0.1, 0.15) is 0 Å². The average Bonchev–Trinajstić information content (AvgIpc) is 2.51. The molecule has 0 saturated carbocycles. The average molecular weight is 316 g/mol. The van der Waals surface area contributed by atoms with Crippen LogP contribution in [0.4, 0.5) is 11.4 Å². The van der Waals surface area contributed by atoms with E-state index in [4.69, 9.17) is 21.7 Å². The van der Waals surface area contributed by atoms with Gasteiger partial charge in [-0.25, -0.2) is 0 Å². The zero-order chi connectivity index (χ0) is 16.1. The number of aryl methyl sites for hydroxylation is 1. The smallest absolute Gasteiger partial charge is 0.175 e. The minimum Gasteiger partial charge on any atom is -0.493 e. The molecule has 0 spiro atoms. The lowest BCUT2D eigenvalue weighted by Crippen LogP contribution is -2.19. The van der Waals surface area contributed by atoms with Crippen LogP contribution in [0.3, 0.4) is 0 Å². The second-order valence-corrected chi connectivity index (χ2v) is 5.30. The minimum atomic E-state index is 0.529. The molecule has 5 heteroatoms. The first-order chi connectivity index (χ1) is 10.5. The summed E-state index contributed by atoms with van der Waals surface area (Å²) in [4.78, 5) is 0. The van der Waals surface area contributed by atoms with Crippen LogP contribution in [0.5, 0.6) is 11.5 Å². The Morgan fingerprint density at radius 1 is 0.955 bits per heavy atom. The summed E-state index contributed by atoms with van der Waals surface area (Å²) in [6.07, 6.45) is 0. The van der Waals surface area contributed by atoms with Crippen LogP contribution in [0.25, 0.3) is 0 Å². The highest BCUT2D eigenvalue weighted by atomic mass is 32.1. The Kier molecular flexibility index (Phi) is 5.22. The zero-order valence-corrected chi connectivity index (χ0v) is 14.0. The molecule has 22 heavy (non-hydrogen) atoms. The molecule has 116 valence electrons. The topological polar surface area (TPSA) is 42.5 Å². The molecule has 0 aliphatic rings. The zero-order valence-electron chi connectivity index (χ0n) is 13.2. The van der Waals surface area contributed by atoms with E-state index >= 15 is 0 Å². The lowest BCUT2D eigenvalue weighted by Gasteiger charge is -2.15. The SMILES string of the molecule is COc1ccc(NC(=S)Nc2cccc(C)c2C)cc1OC. The number of methoxy groups -OCH3 is 2. The number of anilines is 2. The van der Waals surface area contributed by atoms with Gasteiger partial charge in [-0.1, -0.05) is 12.1 Å². The summed E-state index contributed by atoms with van der Waals surface area (Å²) in [6, 6.07) is 11.6. The van der Waals surface area contributed by atoms with Gasteiger partial charge >= 0.3 is 0 Å². The van der Waals surface area contributed by atoms with E-state index < -0.39 is 0 Å². The molecular formula is C17H20N2O2S. The van der Waals surface area contributed by atoms with E-state index in [-0.39, 0.29) is 0 Å². The number of thiocarbonyl (C=S) groups is 1. The van der Waals surface area contributed by atoms with Gasteiger partial charge in [0.2, 0.25) is 0 Å². The Hall–Kier alpha value is -2.27. The van der Waals surface area contributed by atoms with Gasteiger partial charge in [-0.3, -0.25) is 0 Å². The van der Waals surface area contributed by atoms with Crippen LogP contribution in [0, 0.1) is 13.8 Å². The summed E-state index contributed by atoms with van der Waals surface area (Å²) in [5.41, 5.74) is 4.23. The van der Waals surface area contributed by atoms with Crippen molar-refractivity contribution in [3.63, 3.8) is 0 Å². The quantitative estimate of drug-likeness (QED) is 0.830. The fourth-order valence-corrected chi connectivity index (χ4v) is 2.31. The molecule has 0 aromatic heterocycles. The summed E-state index contributed by atoms with van der Waals surface area (Å²) in [5, 5.41) is 6.89. The summed E-state index contributed by atoms with van der Waals surface area (Å²) in [7, 11) is 3.21. The number of benzene rings is 2. The van der Waals surface area contributed by atoms with Crippen LogP contribution in [0.15, 0.2) is 36.4 Å². The van der Waals surface area contributed by atoms with E-state index in [1.807, 2.05) is 30.3 Å². The predicted octanol–water partition coefficient (Wildman–Crippen LogP) is 4.13. The molecule has 0 bridgehead atoms. The third-order valence-corrected chi connectivity index (χ3v) is 3.70. The molecule has 2 N–H and O–H groups in total. The minimum absolute atomic E-state index is 0.529. The van der Waals surface area contributed by atoms with Crippen molar-refractivity contribution in [1.29, 1.82) is 0 Å². The van der Waals surface area contributed by atoms with Crippen LogP contribution in [0.2, 0.25) is 0 Å². The van der Waals surface area contributed by atoms with Crippen LogP contribution in [-0.4, -0.2) is 19.3 Å². The number of hydrogen-bond acceptors (Lipinski definition) is 3. The van der Waals surface area contributed by atoms with Crippen molar-refractivity contribution in [2.45, 2.75) is 13.8 Å². The van der Waals surface area contributed by atoms with Crippen molar-refractivity contribution in [2.75, 3.05) is 24.9 Å². The summed E-state index contributed by atoms with van der Waals surface area (Å²) in [5.74, 6) is 1.34. The molecule has 0 aliphatic carbocycles. The second kappa shape index (κ2) is 7.13. The molecule has 0 unspecified atom stereocenters. The van der Waals surface area contributed by atoms with Gasteiger partial charge in [0.25, 0.3) is 0 Å². The first-order valence-electron chi connectivity index (χ1n) is 6.91. The van der Waals surface area contributed by atoms with E-state index in [1.165, 1.54) is 11.1 Å². The largest absolute Gasteiger partial charge is 0.493 e. The van der Waals surface area contributed by atoms with Crippen molar-refractivity contribution in [1.82, 2.24) is 0 Å². The van der Waals surface area contributed by atoms with E-state index in [0.717, 1.165) is 11.4 Å². The molecule has 0 radical (unpaired) electrons. The summed E-state index contributed by atoms with van der Waals surface area (Å²) in [6.45, 7) is 4.14. The highest BCUT2D eigenvalue weighted by Gasteiger charge is 2.07. The summed E-state index contributed by atoms with van der Waals surface area (Å²) >= 11 is 5.37. The van der Waals surface area contributed by atoms with E-state index in [2.05, 4.69) is 30.5 Å². The number of rotatable bonds is 4. The molecule has 2 aromatic carbocycles. The van der Waals surface area contributed by atoms with Crippen LogP contribution >= 0.6 is 12.2 Å². The number of hydrogen-bond donors (Lipinski definition) is 2. The van der Waals surface area contributed by atoms with E-state index in [0.29, 0.717) is 16.6 Å². The van der Waals surface area contributed by atoms with Crippen LogP contribution in [-0.2, 0) is 0 Å². The maximum Gasteiger partial charge on any atom is 0.175 e. The van der Waals surface area contributed by atoms with Crippen molar-refractivity contribution < 1.29 is 9.47 Å². The van der Waals surface area contributed by atoms with Gasteiger partial charge in [-0.15, -0.1) is 0 Å². The fraction of sp³-hybridized carbons (Fsp3) is 0.235. The second-order valence-electron chi connectivity index (χ2n) is 4.90. The molecule has 4 nitrogen and oxygen atoms in total. The monoisotopic (exact) mass is 316 g/mol. The molecule has 0 atom stereocenters. The normalized spacial score (nSPS) is 10.0. The van der Waals surface area contributed by atoms with E-state index in [9.17, 15) is 0 Å². The molecule has 2 rings (SSSR count). The third-order valence-electron chi connectivity index (χ3n) is 3.49. The van der Waals surface area contributed by atoms with Crippen molar-refractivity contribution in [3.8, 4) is 11.5 Å². The first-order valence-corrected chi connectivity index (χ1v) is 7.32. The highest BCUT2D eigenvalue weighted by molar-refractivity contribution is 7.80. The summed E-state index contributed by atoms with van der Waals surface area (Å²) < 4.78 is 10.5. The van der Waals surface area contributed by atoms with Gasteiger partial charge in [-0.05, 0) is 55.4 Å². The lowest BCUT2D eigenvalue weighted by atomic mass is 10.1. The van der Waals surface area contributed by atoms with Gasteiger partial charge in [0.05, 0.1) is 14.2 Å². The molecular weight excluding hydrogens is 296 g/mol. The van der Waals surface area contributed by atoms with Crippen LogP contribution < -0.4 is 20.1 Å². The Morgan fingerprint density at radius 3 is 2.36 bits per heavy atom. The van der Waals surface area contributed by atoms with Gasteiger partial charge < -0.3 is 20.1 Å². The Bertz CT molecular complexity index is 686. The number of ether oxygens (including phenoxy) is 2. The van der Waals surface area contributed by atoms with Crippen molar-refractivity contribution >= 4 is 28.7 Å². The van der Waals surface area contributed by atoms with E-state index in [1.54, 1.807) is 14.2 Å². The lowest BCUT2D eigenvalue weighted by molar-refractivity contribution is 0.355.